The number of hydrogen-bond donors (Lipinski definition) is 3. The molecule has 29 heavy (non-hydrogen) atoms. The highest BCUT2D eigenvalue weighted by Gasteiger charge is 2.35. The Morgan fingerprint density at radius 1 is 1.24 bits per heavy atom. The second-order valence-corrected chi connectivity index (χ2v) is 8.30. The number of rotatable bonds is 6. The lowest BCUT2D eigenvalue weighted by Gasteiger charge is -2.32. The quantitative estimate of drug-likeness (QED) is 0.610. The zero-order valence-corrected chi connectivity index (χ0v) is 16.5. The van der Waals surface area contributed by atoms with E-state index in [1.165, 1.54) is 43.5 Å². The van der Waals surface area contributed by atoms with Crippen molar-refractivity contribution in [2.75, 3.05) is 25.6 Å². The number of carbonyl (C=O) groups is 1. The standard InChI is InChI=1S/C19H21FN2O6S/c1-27-17-8-7-15(29(25,26)22-19(24)9-2-10-28-12-19)11-16(17)18(23)21-14-5-3-13(20)4-6-14/h3-8,11,22,24H,2,9-10,12H2,1H3,(H,21,23)/t19-/m1/s1. The number of halogens is 1. The molecule has 2 aromatic rings. The molecule has 1 aliphatic heterocycles. The minimum absolute atomic E-state index is 0.0356. The van der Waals surface area contributed by atoms with Crippen molar-refractivity contribution >= 4 is 21.6 Å². The van der Waals surface area contributed by atoms with E-state index in [2.05, 4.69) is 10.0 Å². The number of sulfonamides is 1. The van der Waals surface area contributed by atoms with Crippen LogP contribution in [0.1, 0.15) is 23.2 Å². The number of aliphatic hydroxyl groups is 1. The molecule has 8 nitrogen and oxygen atoms in total. The number of amides is 1. The minimum Gasteiger partial charge on any atom is -0.496 e. The maximum atomic E-state index is 13.0. The summed E-state index contributed by atoms with van der Waals surface area (Å²) in [5.74, 6) is -0.933. The largest absolute Gasteiger partial charge is 0.496 e. The first-order valence-electron chi connectivity index (χ1n) is 8.81. The van der Waals surface area contributed by atoms with E-state index < -0.39 is 27.5 Å². The second kappa shape index (κ2) is 8.46. The van der Waals surface area contributed by atoms with Gasteiger partial charge in [-0.1, -0.05) is 0 Å². The molecule has 10 heteroatoms. The monoisotopic (exact) mass is 424 g/mol. The number of carbonyl (C=O) groups excluding carboxylic acids is 1. The molecule has 1 heterocycles. The third kappa shape index (κ3) is 5.10. The summed E-state index contributed by atoms with van der Waals surface area (Å²) in [6.45, 7) is 0.278. The van der Waals surface area contributed by atoms with E-state index in [0.717, 1.165) is 6.07 Å². The van der Waals surface area contributed by atoms with E-state index in [-0.39, 0.29) is 29.2 Å². The molecule has 1 atom stereocenters. The molecule has 156 valence electrons. The summed E-state index contributed by atoms with van der Waals surface area (Å²) in [6.07, 6.45) is 0.716. The van der Waals surface area contributed by atoms with E-state index in [1.54, 1.807) is 0 Å². The smallest absolute Gasteiger partial charge is 0.259 e. The van der Waals surface area contributed by atoms with Gasteiger partial charge in [0.15, 0.2) is 5.72 Å². The van der Waals surface area contributed by atoms with Gasteiger partial charge in [0.1, 0.15) is 11.6 Å². The van der Waals surface area contributed by atoms with Gasteiger partial charge in [-0.2, -0.15) is 4.72 Å². The Kier molecular flexibility index (Phi) is 6.18. The molecule has 3 N–H and O–H groups in total. The van der Waals surface area contributed by atoms with Crippen LogP contribution in [-0.2, 0) is 14.8 Å². The Bertz CT molecular complexity index is 988. The van der Waals surface area contributed by atoms with Crippen molar-refractivity contribution in [3.05, 3.63) is 53.8 Å². The number of benzene rings is 2. The van der Waals surface area contributed by atoms with Crippen molar-refractivity contribution in [3.63, 3.8) is 0 Å². The predicted molar refractivity (Wildman–Crippen MR) is 103 cm³/mol. The van der Waals surface area contributed by atoms with Crippen LogP contribution in [0.2, 0.25) is 0 Å². The molecule has 0 aromatic heterocycles. The summed E-state index contributed by atoms with van der Waals surface area (Å²) in [4.78, 5) is 12.4. The summed E-state index contributed by atoms with van der Waals surface area (Å²) in [5, 5.41) is 13.0. The molecular formula is C19H21FN2O6S. The van der Waals surface area contributed by atoms with Crippen molar-refractivity contribution in [1.29, 1.82) is 0 Å². The van der Waals surface area contributed by atoms with Gasteiger partial charge in [0.2, 0.25) is 10.0 Å². The number of anilines is 1. The van der Waals surface area contributed by atoms with Crippen molar-refractivity contribution in [2.24, 2.45) is 0 Å². The molecule has 1 fully saturated rings. The third-order valence-electron chi connectivity index (χ3n) is 4.37. The van der Waals surface area contributed by atoms with Crippen LogP contribution in [0.3, 0.4) is 0 Å². The normalized spacial score (nSPS) is 19.6. The highest BCUT2D eigenvalue weighted by Crippen LogP contribution is 2.26. The third-order valence-corrected chi connectivity index (χ3v) is 5.90. The molecule has 0 radical (unpaired) electrons. The number of hydrogen-bond acceptors (Lipinski definition) is 6. The van der Waals surface area contributed by atoms with Crippen molar-refractivity contribution < 1.29 is 32.2 Å². The van der Waals surface area contributed by atoms with Crippen LogP contribution in [0.5, 0.6) is 5.75 Å². The van der Waals surface area contributed by atoms with Gasteiger partial charge in [-0.05, 0) is 55.3 Å². The van der Waals surface area contributed by atoms with Gasteiger partial charge in [-0.25, -0.2) is 12.8 Å². The van der Waals surface area contributed by atoms with Gasteiger partial charge >= 0.3 is 0 Å². The SMILES string of the molecule is COc1ccc(S(=O)(=O)N[C@@]2(O)CCCOC2)cc1C(=O)Nc1ccc(F)cc1. The van der Waals surface area contributed by atoms with Gasteiger partial charge in [0, 0.05) is 12.3 Å². The van der Waals surface area contributed by atoms with Crippen LogP contribution >= 0.6 is 0 Å². The Morgan fingerprint density at radius 3 is 2.59 bits per heavy atom. The van der Waals surface area contributed by atoms with Crippen molar-refractivity contribution in [1.82, 2.24) is 4.72 Å². The fraction of sp³-hybridized carbons (Fsp3) is 0.316. The number of ether oxygens (including phenoxy) is 2. The van der Waals surface area contributed by atoms with E-state index >= 15 is 0 Å². The van der Waals surface area contributed by atoms with Crippen LogP contribution in [0.15, 0.2) is 47.4 Å². The predicted octanol–water partition coefficient (Wildman–Crippen LogP) is 1.86. The van der Waals surface area contributed by atoms with Crippen LogP contribution in [0.4, 0.5) is 10.1 Å². The van der Waals surface area contributed by atoms with Gasteiger partial charge in [-0.3, -0.25) is 4.79 Å². The number of methoxy groups -OCH3 is 1. The molecule has 0 spiro atoms. The van der Waals surface area contributed by atoms with Crippen molar-refractivity contribution in [2.45, 2.75) is 23.5 Å². The van der Waals surface area contributed by atoms with E-state index in [4.69, 9.17) is 9.47 Å². The average molecular weight is 424 g/mol. The van der Waals surface area contributed by atoms with E-state index in [1.807, 2.05) is 0 Å². The number of nitrogens with one attached hydrogen (secondary N) is 2. The van der Waals surface area contributed by atoms with Crippen LogP contribution in [0, 0.1) is 5.82 Å². The van der Waals surface area contributed by atoms with Gasteiger partial charge in [0.05, 0.1) is 24.2 Å². The summed E-state index contributed by atoms with van der Waals surface area (Å²) in [5.41, 5.74) is -1.42. The molecule has 0 aliphatic carbocycles. The molecule has 1 aliphatic rings. The topological polar surface area (TPSA) is 114 Å². The molecule has 1 amide bonds. The molecule has 0 unspecified atom stereocenters. The fourth-order valence-corrected chi connectivity index (χ4v) is 4.23. The first kappa shape index (κ1) is 21.2. The van der Waals surface area contributed by atoms with Gasteiger partial charge in [-0.15, -0.1) is 0 Å². The Labute approximate surface area is 167 Å². The van der Waals surface area contributed by atoms with Gasteiger partial charge in [0.25, 0.3) is 5.91 Å². The Morgan fingerprint density at radius 2 is 1.97 bits per heavy atom. The van der Waals surface area contributed by atoms with Crippen LogP contribution < -0.4 is 14.8 Å². The van der Waals surface area contributed by atoms with E-state index in [9.17, 15) is 22.7 Å². The molecule has 1 saturated heterocycles. The summed E-state index contributed by atoms with van der Waals surface area (Å²) < 4.78 is 51.1. The zero-order valence-electron chi connectivity index (χ0n) is 15.6. The minimum atomic E-state index is -4.14. The molecule has 3 rings (SSSR count). The second-order valence-electron chi connectivity index (χ2n) is 6.62. The maximum Gasteiger partial charge on any atom is 0.259 e. The van der Waals surface area contributed by atoms with Crippen LogP contribution in [0.25, 0.3) is 0 Å². The molecular weight excluding hydrogens is 403 g/mol. The Hall–Kier alpha value is -2.53. The first-order valence-corrected chi connectivity index (χ1v) is 10.3. The maximum absolute atomic E-state index is 13.0. The summed E-state index contributed by atoms with van der Waals surface area (Å²) >= 11 is 0. The average Bonchev–Trinajstić information content (AvgIpc) is 2.69. The lowest BCUT2D eigenvalue weighted by Crippen LogP contribution is -2.53. The lowest BCUT2D eigenvalue weighted by atomic mass is 10.1. The molecule has 0 saturated carbocycles. The van der Waals surface area contributed by atoms with Gasteiger partial charge < -0.3 is 19.9 Å². The summed E-state index contributed by atoms with van der Waals surface area (Å²) in [7, 11) is -2.80. The molecule has 0 bridgehead atoms. The zero-order chi connectivity index (χ0) is 21.1. The lowest BCUT2D eigenvalue weighted by molar-refractivity contribution is -0.0919. The van der Waals surface area contributed by atoms with E-state index in [0.29, 0.717) is 18.7 Å². The molecule has 2 aromatic carbocycles. The highest BCUT2D eigenvalue weighted by atomic mass is 32.2. The highest BCUT2D eigenvalue weighted by molar-refractivity contribution is 7.89. The van der Waals surface area contributed by atoms with Crippen LogP contribution in [-0.4, -0.2) is 45.5 Å². The Balaban J connectivity index is 1.87. The first-order chi connectivity index (χ1) is 13.7. The fourth-order valence-electron chi connectivity index (χ4n) is 2.93. The van der Waals surface area contributed by atoms with Crippen molar-refractivity contribution in [3.8, 4) is 5.75 Å². The summed E-state index contributed by atoms with van der Waals surface area (Å²) in [6, 6.07) is 8.88.